The van der Waals surface area contributed by atoms with E-state index in [1.165, 1.54) is 18.3 Å². The smallest absolute Gasteiger partial charge is 0.362 e. The number of fused-ring (bicyclic) bond motifs is 1. The van der Waals surface area contributed by atoms with Crippen LogP contribution in [0.15, 0.2) is 56.7 Å². The average Bonchev–Trinajstić information content (AvgIpc) is 2.49. The largest absolute Gasteiger partial charge is 0.506 e. The molecule has 0 spiro atoms. The summed E-state index contributed by atoms with van der Waals surface area (Å²) in [6.45, 7) is 0. The first kappa shape index (κ1) is 14.6. The molecular formula is C16H9Cl2NO3. The van der Waals surface area contributed by atoms with Crippen molar-refractivity contribution >= 4 is 46.1 Å². The molecule has 0 aliphatic rings. The van der Waals surface area contributed by atoms with E-state index < -0.39 is 5.63 Å². The zero-order valence-corrected chi connectivity index (χ0v) is 12.6. The van der Waals surface area contributed by atoms with Crippen molar-refractivity contribution in [3.8, 4) is 5.75 Å². The van der Waals surface area contributed by atoms with Gasteiger partial charge in [-0.05, 0) is 24.3 Å². The summed E-state index contributed by atoms with van der Waals surface area (Å²) in [5, 5.41) is 11.1. The molecule has 0 bridgehead atoms. The quantitative estimate of drug-likeness (QED) is 0.552. The third-order valence-corrected chi connectivity index (χ3v) is 3.53. The molecule has 4 nitrogen and oxygen atoms in total. The van der Waals surface area contributed by atoms with Crippen LogP contribution in [0.2, 0.25) is 10.0 Å². The highest BCUT2D eigenvalue weighted by atomic mass is 35.5. The lowest BCUT2D eigenvalue weighted by molar-refractivity contribution is 0.475. The first-order chi connectivity index (χ1) is 10.5. The first-order valence-electron chi connectivity index (χ1n) is 6.29. The molecule has 0 radical (unpaired) electrons. The summed E-state index contributed by atoms with van der Waals surface area (Å²) in [5.74, 6) is -0.153. The average molecular weight is 334 g/mol. The van der Waals surface area contributed by atoms with Crippen LogP contribution in [0.4, 0.5) is 5.69 Å². The Morgan fingerprint density at radius 2 is 1.91 bits per heavy atom. The third-order valence-electron chi connectivity index (χ3n) is 3.02. The van der Waals surface area contributed by atoms with Crippen molar-refractivity contribution in [1.82, 2.24) is 0 Å². The fourth-order valence-electron chi connectivity index (χ4n) is 1.96. The highest BCUT2D eigenvalue weighted by Gasteiger charge is 2.07. The Morgan fingerprint density at radius 1 is 1.14 bits per heavy atom. The second-order valence-electron chi connectivity index (χ2n) is 4.54. The minimum Gasteiger partial charge on any atom is -0.506 e. The minimum atomic E-state index is -0.567. The van der Waals surface area contributed by atoms with Crippen LogP contribution in [0, 0.1) is 0 Å². The minimum absolute atomic E-state index is 0.111. The van der Waals surface area contributed by atoms with Crippen molar-refractivity contribution < 1.29 is 9.52 Å². The summed E-state index contributed by atoms with van der Waals surface area (Å²) >= 11 is 11.7. The molecule has 1 heterocycles. The first-order valence-corrected chi connectivity index (χ1v) is 7.05. The van der Waals surface area contributed by atoms with E-state index in [1.54, 1.807) is 18.2 Å². The van der Waals surface area contributed by atoms with Crippen molar-refractivity contribution in [2.45, 2.75) is 0 Å². The second kappa shape index (κ2) is 5.83. The molecule has 0 saturated heterocycles. The van der Waals surface area contributed by atoms with E-state index >= 15 is 0 Å². The molecule has 0 saturated carbocycles. The normalized spacial score (nSPS) is 11.4. The summed E-state index contributed by atoms with van der Waals surface area (Å²) < 4.78 is 5.17. The summed E-state index contributed by atoms with van der Waals surface area (Å²) in [6.07, 6.45) is 1.31. The van der Waals surface area contributed by atoms with Crippen LogP contribution < -0.4 is 5.63 Å². The number of hydrogen-bond acceptors (Lipinski definition) is 4. The molecule has 1 aromatic heterocycles. The topological polar surface area (TPSA) is 62.8 Å². The maximum absolute atomic E-state index is 11.9. The molecule has 0 fully saturated rings. The van der Waals surface area contributed by atoms with Gasteiger partial charge in [0, 0.05) is 22.2 Å². The number of nitrogens with zero attached hydrogens (tertiary/aromatic N) is 1. The monoisotopic (exact) mass is 333 g/mol. The number of halogens is 2. The molecule has 3 rings (SSSR count). The Morgan fingerprint density at radius 3 is 2.73 bits per heavy atom. The standard InChI is InChI=1S/C16H9Cl2NO3/c17-11-5-10(15(20)12(18)7-11)8-19-13-6-9-3-1-2-4-14(9)22-16(13)21/h1-8,20H. The van der Waals surface area contributed by atoms with Gasteiger partial charge in [-0.1, -0.05) is 41.4 Å². The van der Waals surface area contributed by atoms with E-state index in [0.29, 0.717) is 16.2 Å². The van der Waals surface area contributed by atoms with Gasteiger partial charge in [0.15, 0.2) is 0 Å². The molecule has 0 atom stereocenters. The molecule has 0 amide bonds. The lowest BCUT2D eigenvalue weighted by Crippen LogP contribution is -1.98. The third kappa shape index (κ3) is 2.84. The SMILES string of the molecule is O=c1oc2ccccc2cc1N=Cc1cc(Cl)cc(Cl)c1O. The van der Waals surface area contributed by atoms with Gasteiger partial charge in [-0.15, -0.1) is 0 Å². The Balaban J connectivity index is 2.06. The number of aliphatic imine (C=N–C) groups is 1. The van der Waals surface area contributed by atoms with Gasteiger partial charge >= 0.3 is 5.63 Å². The van der Waals surface area contributed by atoms with E-state index in [2.05, 4.69) is 4.99 Å². The van der Waals surface area contributed by atoms with E-state index in [9.17, 15) is 9.90 Å². The summed E-state index contributed by atoms with van der Waals surface area (Å²) in [4.78, 5) is 15.9. The van der Waals surface area contributed by atoms with Gasteiger partial charge in [-0.2, -0.15) is 0 Å². The molecule has 22 heavy (non-hydrogen) atoms. The van der Waals surface area contributed by atoms with E-state index in [1.807, 2.05) is 12.1 Å². The fraction of sp³-hybridized carbons (Fsp3) is 0. The highest BCUT2D eigenvalue weighted by Crippen LogP contribution is 2.30. The van der Waals surface area contributed by atoms with E-state index in [4.69, 9.17) is 27.6 Å². The lowest BCUT2D eigenvalue weighted by atomic mass is 10.2. The van der Waals surface area contributed by atoms with Crippen molar-refractivity contribution in [3.63, 3.8) is 0 Å². The van der Waals surface area contributed by atoms with Gasteiger partial charge in [0.05, 0.1) is 5.02 Å². The number of para-hydroxylation sites is 1. The van der Waals surface area contributed by atoms with Gasteiger partial charge in [0.2, 0.25) is 0 Å². The molecule has 1 N–H and O–H groups in total. The molecule has 110 valence electrons. The highest BCUT2D eigenvalue weighted by molar-refractivity contribution is 6.36. The maximum atomic E-state index is 11.9. The lowest BCUT2D eigenvalue weighted by Gasteiger charge is -2.02. The Labute approximate surface area is 135 Å². The summed E-state index contributed by atoms with van der Waals surface area (Å²) in [6, 6.07) is 11.6. The Bertz CT molecular complexity index is 948. The van der Waals surface area contributed by atoms with Crippen LogP contribution in [-0.2, 0) is 0 Å². The van der Waals surface area contributed by atoms with Crippen LogP contribution >= 0.6 is 23.2 Å². The van der Waals surface area contributed by atoms with Crippen LogP contribution in [0.25, 0.3) is 11.0 Å². The van der Waals surface area contributed by atoms with Crippen molar-refractivity contribution in [1.29, 1.82) is 0 Å². The molecule has 3 aromatic rings. The van der Waals surface area contributed by atoms with Crippen molar-refractivity contribution in [3.05, 3.63) is 68.5 Å². The molecule has 0 aliphatic carbocycles. The predicted molar refractivity (Wildman–Crippen MR) is 87.9 cm³/mol. The molecule has 2 aromatic carbocycles. The number of benzene rings is 2. The molecular weight excluding hydrogens is 325 g/mol. The maximum Gasteiger partial charge on any atom is 0.362 e. The number of hydrogen-bond donors (Lipinski definition) is 1. The summed E-state index contributed by atoms with van der Waals surface area (Å²) in [5.41, 5.74) is 0.349. The number of rotatable bonds is 2. The van der Waals surface area contributed by atoms with Crippen molar-refractivity contribution in [2.75, 3.05) is 0 Å². The van der Waals surface area contributed by atoms with Gasteiger partial charge in [-0.25, -0.2) is 9.79 Å². The van der Waals surface area contributed by atoms with E-state index in [0.717, 1.165) is 5.39 Å². The van der Waals surface area contributed by atoms with E-state index in [-0.39, 0.29) is 16.5 Å². The number of phenols is 1. The predicted octanol–water partition coefficient (Wildman–Crippen LogP) is 4.56. The molecule has 0 aliphatic heterocycles. The molecule has 0 unspecified atom stereocenters. The zero-order valence-electron chi connectivity index (χ0n) is 11.1. The Hall–Kier alpha value is -2.30. The van der Waals surface area contributed by atoms with Crippen LogP contribution in [0.5, 0.6) is 5.75 Å². The van der Waals surface area contributed by atoms with Gasteiger partial charge in [0.25, 0.3) is 0 Å². The molecule has 6 heteroatoms. The number of phenolic OH excluding ortho intramolecular Hbond substituents is 1. The van der Waals surface area contributed by atoms with Crippen LogP contribution in [0.1, 0.15) is 5.56 Å². The van der Waals surface area contributed by atoms with Gasteiger partial charge < -0.3 is 9.52 Å². The van der Waals surface area contributed by atoms with Crippen LogP contribution in [-0.4, -0.2) is 11.3 Å². The second-order valence-corrected chi connectivity index (χ2v) is 5.38. The van der Waals surface area contributed by atoms with Crippen LogP contribution in [0.3, 0.4) is 0 Å². The van der Waals surface area contributed by atoms with Gasteiger partial charge in [0.1, 0.15) is 17.0 Å². The fourth-order valence-corrected chi connectivity index (χ4v) is 2.47. The number of aromatic hydroxyl groups is 1. The summed E-state index contributed by atoms with van der Waals surface area (Å²) in [7, 11) is 0. The zero-order chi connectivity index (χ0) is 15.7. The Kier molecular flexibility index (Phi) is 3.88. The van der Waals surface area contributed by atoms with Crippen molar-refractivity contribution in [2.24, 2.45) is 4.99 Å². The van der Waals surface area contributed by atoms with Gasteiger partial charge in [-0.3, -0.25) is 0 Å².